The molecule has 1 aliphatic heterocycles. The Morgan fingerprint density at radius 3 is 2.79 bits per heavy atom. The normalized spacial score (nSPS) is 16.3. The predicted molar refractivity (Wildman–Crippen MR) is 145 cm³/mol. The Hall–Kier alpha value is -4.06. The van der Waals surface area contributed by atoms with Crippen molar-refractivity contribution in [1.29, 1.82) is 5.26 Å². The van der Waals surface area contributed by atoms with E-state index in [1.807, 2.05) is 13.0 Å². The Labute approximate surface area is 227 Å². The zero-order valence-corrected chi connectivity index (χ0v) is 22.4. The molecule has 2 aromatic heterocycles. The maximum absolute atomic E-state index is 11.4. The number of aromatic nitrogens is 3. The van der Waals surface area contributed by atoms with E-state index in [1.54, 1.807) is 41.5 Å². The van der Waals surface area contributed by atoms with Gasteiger partial charge in [-0.25, -0.2) is 15.0 Å². The summed E-state index contributed by atoms with van der Waals surface area (Å²) < 4.78 is 38.2. The number of fused-ring (bicyclic) bond motifs is 1. The minimum Gasteiger partial charge on any atom is -0.480 e. The van der Waals surface area contributed by atoms with E-state index in [1.165, 1.54) is 14.5 Å². The number of methoxy groups -OCH3 is 1. The van der Waals surface area contributed by atoms with Crippen LogP contribution in [0.25, 0.3) is 11.3 Å². The third kappa shape index (κ3) is 6.51. The van der Waals surface area contributed by atoms with Gasteiger partial charge in [0.25, 0.3) is 10.1 Å². The van der Waals surface area contributed by atoms with Gasteiger partial charge in [0.05, 0.1) is 44.4 Å². The standard InChI is InChI=1S/C25H26BN6O6S/c1-25(15-37-9-10-38-39(3,34)35)14-32(26-16-33)22-18(13-27)11-17(12-19(22)25)20-6-8-29-24(30-20)31-21-5-4-7-28-23(21)36-2/h4-8,11-12,16H,9-10,14-15H2,1-3H3,(H,29,30,31). The predicted octanol–water partition coefficient (Wildman–Crippen LogP) is 2.04. The minimum absolute atomic E-state index is 0.0545. The highest BCUT2D eigenvalue weighted by atomic mass is 32.2. The van der Waals surface area contributed by atoms with E-state index >= 15 is 0 Å². The van der Waals surface area contributed by atoms with Crippen LogP contribution in [0.4, 0.5) is 17.3 Å². The SMILES string of the molecule is COc1ncccc1Nc1nccc(-c2cc(C#N)c3c(c2)C(C)(COCCOS(C)(=O)=O)CN3[B]C=O)n1. The molecule has 0 saturated heterocycles. The molecule has 201 valence electrons. The van der Waals surface area contributed by atoms with Crippen LogP contribution in [0.5, 0.6) is 5.88 Å². The van der Waals surface area contributed by atoms with Gasteiger partial charge in [-0.1, -0.05) is 6.92 Å². The van der Waals surface area contributed by atoms with Crippen molar-refractivity contribution in [2.45, 2.75) is 12.3 Å². The van der Waals surface area contributed by atoms with Crippen LogP contribution in [0.1, 0.15) is 18.1 Å². The first kappa shape index (κ1) is 28.0. The molecule has 0 aliphatic carbocycles. The van der Waals surface area contributed by atoms with Gasteiger partial charge in [-0.05, 0) is 35.9 Å². The molecule has 1 aromatic carbocycles. The Bertz CT molecular complexity index is 1520. The van der Waals surface area contributed by atoms with Crippen molar-refractivity contribution in [3.05, 3.63) is 53.9 Å². The molecular weight excluding hydrogens is 523 g/mol. The molecule has 1 aliphatic rings. The fourth-order valence-electron chi connectivity index (χ4n) is 4.39. The number of rotatable bonds is 12. The van der Waals surface area contributed by atoms with Gasteiger partial charge >= 0.3 is 7.41 Å². The summed E-state index contributed by atoms with van der Waals surface area (Å²) in [6, 6.07) is 11.1. The number of hydrogen-bond donors (Lipinski definition) is 1. The second-order valence-corrected chi connectivity index (χ2v) is 10.7. The monoisotopic (exact) mass is 549 g/mol. The summed E-state index contributed by atoms with van der Waals surface area (Å²) in [4.78, 5) is 26.2. The van der Waals surface area contributed by atoms with Crippen molar-refractivity contribution < 1.29 is 26.9 Å². The average molecular weight is 549 g/mol. The van der Waals surface area contributed by atoms with Gasteiger partial charge in [-0.2, -0.15) is 13.7 Å². The van der Waals surface area contributed by atoms with Crippen LogP contribution in [0.2, 0.25) is 0 Å². The highest BCUT2D eigenvalue weighted by molar-refractivity contribution is 7.85. The van der Waals surface area contributed by atoms with E-state index in [2.05, 4.69) is 26.3 Å². The first-order valence-electron chi connectivity index (χ1n) is 11.8. The van der Waals surface area contributed by atoms with Crippen LogP contribution in [0.3, 0.4) is 0 Å². The second kappa shape index (κ2) is 11.8. The van der Waals surface area contributed by atoms with Gasteiger partial charge < -0.3 is 24.4 Å². The fraction of sp³-hybridized carbons (Fsp3) is 0.320. The van der Waals surface area contributed by atoms with E-state index < -0.39 is 15.5 Å². The molecule has 3 aromatic rings. The highest BCUT2D eigenvalue weighted by Crippen LogP contribution is 2.44. The van der Waals surface area contributed by atoms with Crippen LogP contribution in [0.15, 0.2) is 42.7 Å². The van der Waals surface area contributed by atoms with Gasteiger partial charge in [0.2, 0.25) is 11.8 Å². The molecule has 0 fully saturated rings. The van der Waals surface area contributed by atoms with E-state index in [4.69, 9.17) is 13.7 Å². The zero-order chi connectivity index (χ0) is 28.0. The summed E-state index contributed by atoms with van der Waals surface area (Å²) in [5.74, 6) is 0.700. The van der Waals surface area contributed by atoms with Crippen LogP contribution >= 0.6 is 0 Å². The van der Waals surface area contributed by atoms with E-state index in [0.717, 1.165) is 11.8 Å². The number of carbonyl (C=O) groups is 1. The molecular formula is C25H26BN6O6S. The number of ether oxygens (including phenoxy) is 2. The third-order valence-corrected chi connectivity index (χ3v) is 6.63. The van der Waals surface area contributed by atoms with E-state index in [9.17, 15) is 18.5 Å². The molecule has 0 bridgehead atoms. The molecule has 0 spiro atoms. The summed E-state index contributed by atoms with van der Waals surface area (Å²) in [5.41, 5.74) is 2.98. The lowest BCUT2D eigenvalue weighted by Gasteiger charge is -2.26. The van der Waals surface area contributed by atoms with Crippen LogP contribution in [0, 0.1) is 11.3 Å². The Kier molecular flexibility index (Phi) is 8.44. The maximum Gasteiger partial charge on any atom is 0.329 e. The van der Waals surface area contributed by atoms with Crippen molar-refractivity contribution in [3.63, 3.8) is 0 Å². The quantitative estimate of drug-likeness (QED) is 0.152. The Morgan fingerprint density at radius 2 is 2.08 bits per heavy atom. The Morgan fingerprint density at radius 1 is 1.26 bits per heavy atom. The zero-order valence-electron chi connectivity index (χ0n) is 21.6. The highest BCUT2D eigenvalue weighted by Gasteiger charge is 2.41. The first-order valence-corrected chi connectivity index (χ1v) is 13.6. The van der Waals surface area contributed by atoms with E-state index in [0.29, 0.717) is 52.8 Å². The molecule has 1 N–H and O–H groups in total. The van der Waals surface area contributed by atoms with Crippen LogP contribution in [-0.2, 0) is 29.2 Å². The smallest absolute Gasteiger partial charge is 0.329 e. The van der Waals surface area contributed by atoms with Gasteiger partial charge in [-0.15, -0.1) is 0 Å². The van der Waals surface area contributed by atoms with Gasteiger partial charge in [0.1, 0.15) is 17.9 Å². The van der Waals surface area contributed by atoms with Crippen molar-refractivity contribution in [2.24, 2.45) is 0 Å². The molecule has 4 rings (SSSR count). The number of nitrogens with one attached hydrogen (secondary N) is 1. The molecule has 3 heterocycles. The molecule has 12 nitrogen and oxygen atoms in total. The van der Waals surface area contributed by atoms with Crippen LogP contribution < -0.4 is 14.9 Å². The van der Waals surface area contributed by atoms with Crippen molar-refractivity contribution in [2.75, 3.05) is 49.9 Å². The molecule has 1 unspecified atom stereocenters. The summed E-state index contributed by atoms with van der Waals surface area (Å²) in [6.07, 6.45) is 4.85. The van der Waals surface area contributed by atoms with Crippen LogP contribution in [-0.4, -0.2) is 76.7 Å². The van der Waals surface area contributed by atoms with Gasteiger partial charge in [0.15, 0.2) is 0 Å². The van der Waals surface area contributed by atoms with Crippen molar-refractivity contribution >= 4 is 41.0 Å². The number of anilines is 3. The fourth-order valence-corrected chi connectivity index (χ4v) is 4.76. The Balaban J connectivity index is 1.66. The second-order valence-electron chi connectivity index (χ2n) is 9.03. The van der Waals surface area contributed by atoms with Gasteiger partial charge in [-0.3, -0.25) is 4.18 Å². The number of benzene rings is 1. The molecule has 39 heavy (non-hydrogen) atoms. The number of pyridine rings is 1. The van der Waals surface area contributed by atoms with Crippen molar-refractivity contribution in [1.82, 2.24) is 15.0 Å². The summed E-state index contributed by atoms with van der Waals surface area (Å²) in [6.45, 7) is 2.47. The molecule has 14 heteroatoms. The maximum atomic E-state index is 11.4. The molecule has 0 amide bonds. The first-order chi connectivity index (χ1) is 18.7. The topological polar surface area (TPSA) is 157 Å². The molecule has 1 radical (unpaired) electrons. The van der Waals surface area contributed by atoms with Gasteiger partial charge in [0, 0.05) is 35.6 Å². The number of nitriles is 1. The number of nitrogens with zero attached hydrogens (tertiary/aromatic N) is 5. The van der Waals surface area contributed by atoms with Crippen molar-refractivity contribution in [3.8, 4) is 23.2 Å². The lowest BCUT2D eigenvalue weighted by Crippen LogP contribution is -2.37. The lowest BCUT2D eigenvalue weighted by molar-refractivity contribution is 0.0716. The summed E-state index contributed by atoms with van der Waals surface area (Å²) >= 11 is 0. The lowest BCUT2D eigenvalue weighted by atomic mass is 9.83. The molecule has 0 saturated carbocycles. The summed E-state index contributed by atoms with van der Waals surface area (Å²) in [5, 5.41) is 13.1. The molecule has 1 atom stereocenters. The van der Waals surface area contributed by atoms with E-state index in [-0.39, 0.29) is 19.8 Å². The minimum atomic E-state index is -3.57. The third-order valence-electron chi connectivity index (χ3n) is 6.04. The average Bonchev–Trinajstić information content (AvgIpc) is 3.19. The number of carbonyl (C=O) groups excluding carboxylic acids is 1. The number of hydrogen-bond acceptors (Lipinski definition) is 12. The largest absolute Gasteiger partial charge is 0.480 e. The summed E-state index contributed by atoms with van der Waals surface area (Å²) in [7, 11) is -0.675.